The lowest BCUT2D eigenvalue weighted by Gasteiger charge is -2.15. The zero-order chi connectivity index (χ0) is 20.4. The minimum absolute atomic E-state index is 0.00136. The van der Waals surface area contributed by atoms with Gasteiger partial charge in [0, 0.05) is 18.3 Å². The van der Waals surface area contributed by atoms with Gasteiger partial charge in [-0.3, -0.25) is 14.3 Å². The predicted octanol–water partition coefficient (Wildman–Crippen LogP) is 3.00. The number of amides is 1. The first kappa shape index (κ1) is 19.3. The highest BCUT2D eigenvalue weighted by Gasteiger charge is 2.24. The molecule has 8 heteroatoms. The minimum atomic E-state index is -0.389. The van der Waals surface area contributed by atoms with Gasteiger partial charge in [-0.15, -0.1) is 10.2 Å². The van der Waals surface area contributed by atoms with Gasteiger partial charge in [-0.05, 0) is 43.5 Å². The first-order valence-electron chi connectivity index (χ1n) is 9.02. The maximum absolute atomic E-state index is 12.7. The Labute approximate surface area is 162 Å². The van der Waals surface area contributed by atoms with Crippen molar-refractivity contribution in [1.82, 2.24) is 25.1 Å². The first-order chi connectivity index (χ1) is 13.3. The van der Waals surface area contributed by atoms with E-state index in [9.17, 15) is 15.0 Å². The van der Waals surface area contributed by atoms with E-state index >= 15 is 0 Å². The highest BCUT2D eigenvalue weighted by atomic mass is 16.3. The van der Waals surface area contributed by atoms with Crippen LogP contribution in [0.25, 0.3) is 17.1 Å². The third-order valence-corrected chi connectivity index (χ3v) is 4.20. The maximum atomic E-state index is 12.7. The SMILES string of the molecule is CC(C)NC(=O)c1nnc(-c2cc(C(C)C)c(O)cc2O)n1-c1cccnc1. The Hall–Kier alpha value is -3.42. The van der Waals surface area contributed by atoms with Crippen LogP contribution < -0.4 is 5.32 Å². The number of pyridine rings is 1. The molecule has 3 aromatic rings. The minimum Gasteiger partial charge on any atom is -0.508 e. The molecule has 0 saturated carbocycles. The maximum Gasteiger partial charge on any atom is 0.289 e. The van der Waals surface area contributed by atoms with Crippen LogP contribution in [0.4, 0.5) is 0 Å². The standard InChI is InChI=1S/C20H23N5O3/c1-11(2)14-8-15(17(27)9-16(14)26)18-23-24-19(20(28)22-12(3)4)25(18)13-6-5-7-21-10-13/h5-12,26-27H,1-4H3,(H,22,28). The van der Waals surface area contributed by atoms with Crippen molar-refractivity contribution in [3.63, 3.8) is 0 Å². The lowest BCUT2D eigenvalue weighted by atomic mass is 9.98. The summed E-state index contributed by atoms with van der Waals surface area (Å²) in [4.78, 5) is 16.8. The lowest BCUT2D eigenvalue weighted by Crippen LogP contribution is -2.32. The second-order valence-corrected chi connectivity index (χ2v) is 7.10. The van der Waals surface area contributed by atoms with Crippen LogP contribution >= 0.6 is 0 Å². The number of nitrogens with one attached hydrogen (secondary N) is 1. The van der Waals surface area contributed by atoms with Gasteiger partial charge in [0.15, 0.2) is 5.82 Å². The summed E-state index contributed by atoms with van der Waals surface area (Å²) in [6, 6.07) is 6.37. The Bertz CT molecular complexity index is 997. The summed E-state index contributed by atoms with van der Waals surface area (Å²) in [6.07, 6.45) is 3.20. The van der Waals surface area contributed by atoms with Gasteiger partial charge in [-0.2, -0.15) is 0 Å². The molecule has 8 nitrogen and oxygen atoms in total. The zero-order valence-electron chi connectivity index (χ0n) is 16.2. The Morgan fingerprint density at radius 3 is 2.46 bits per heavy atom. The van der Waals surface area contributed by atoms with Crippen molar-refractivity contribution in [1.29, 1.82) is 0 Å². The van der Waals surface area contributed by atoms with Crippen molar-refractivity contribution >= 4 is 5.91 Å². The number of aromatic hydroxyl groups is 2. The second-order valence-electron chi connectivity index (χ2n) is 7.10. The molecule has 28 heavy (non-hydrogen) atoms. The molecule has 0 aliphatic rings. The lowest BCUT2D eigenvalue weighted by molar-refractivity contribution is 0.0930. The fourth-order valence-corrected chi connectivity index (χ4v) is 2.90. The summed E-state index contributed by atoms with van der Waals surface area (Å²) in [6.45, 7) is 7.57. The number of carbonyl (C=O) groups is 1. The number of aromatic nitrogens is 4. The van der Waals surface area contributed by atoms with E-state index in [0.29, 0.717) is 16.8 Å². The van der Waals surface area contributed by atoms with Gasteiger partial charge in [-0.1, -0.05) is 13.8 Å². The van der Waals surface area contributed by atoms with Gasteiger partial charge in [0.25, 0.3) is 5.91 Å². The van der Waals surface area contributed by atoms with E-state index in [1.807, 2.05) is 27.7 Å². The Kier molecular flexibility index (Phi) is 5.30. The van der Waals surface area contributed by atoms with Crippen molar-refractivity contribution in [3.05, 3.63) is 48.0 Å². The fourth-order valence-electron chi connectivity index (χ4n) is 2.90. The Balaban J connectivity index is 2.24. The molecule has 3 N–H and O–H groups in total. The molecule has 2 heterocycles. The Morgan fingerprint density at radius 1 is 1.11 bits per heavy atom. The van der Waals surface area contributed by atoms with E-state index < -0.39 is 0 Å². The number of benzene rings is 1. The van der Waals surface area contributed by atoms with Crippen molar-refractivity contribution in [2.45, 2.75) is 39.7 Å². The van der Waals surface area contributed by atoms with Crippen LogP contribution in [0.15, 0.2) is 36.7 Å². The molecule has 0 bridgehead atoms. The summed E-state index contributed by atoms with van der Waals surface area (Å²) in [5.74, 6) is -0.161. The topological polar surface area (TPSA) is 113 Å². The number of phenols is 2. The molecule has 0 aliphatic heterocycles. The average Bonchev–Trinajstić information content (AvgIpc) is 3.06. The van der Waals surface area contributed by atoms with E-state index in [1.54, 1.807) is 35.2 Å². The summed E-state index contributed by atoms with van der Waals surface area (Å²) in [7, 11) is 0. The number of carbonyl (C=O) groups excluding carboxylic acids is 1. The quantitative estimate of drug-likeness (QED) is 0.626. The molecule has 0 radical (unpaired) electrons. The normalized spacial score (nSPS) is 11.2. The molecule has 0 spiro atoms. The highest BCUT2D eigenvalue weighted by Crippen LogP contribution is 2.38. The second kappa shape index (κ2) is 7.67. The van der Waals surface area contributed by atoms with Crippen molar-refractivity contribution < 1.29 is 15.0 Å². The summed E-state index contributed by atoms with van der Waals surface area (Å²) in [5, 5.41) is 31.6. The van der Waals surface area contributed by atoms with Gasteiger partial charge < -0.3 is 15.5 Å². The van der Waals surface area contributed by atoms with Crippen LogP contribution in [0.1, 0.15) is 49.8 Å². The monoisotopic (exact) mass is 381 g/mol. The average molecular weight is 381 g/mol. The molecule has 0 aliphatic carbocycles. The van der Waals surface area contributed by atoms with Crippen LogP contribution in [-0.4, -0.2) is 41.9 Å². The molecular weight excluding hydrogens is 358 g/mol. The molecule has 0 atom stereocenters. The fraction of sp³-hybridized carbons (Fsp3) is 0.300. The van der Waals surface area contributed by atoms with Gasteiger partial charge in [0.2, 0.25) is 5.82 Å². The first-order valence-corrected chi connectivity index (χ1v) is 9.02. The molecule has 2 aromatic heterocycles. The van der Waals surface area contributed by atoms with E-state index in [0.717, 1.165) is 0 Å². The van der Waals surface area contributed by atoms with E-state index in [2.05, 4.69) is 20.5 Å². The molecule has 0 unspecified atom stereocenters. The highest BCUT2D eigenvalue weighted by molar-refractivity contribution is 5.92. The van der Waals surface area contributed by atoms with Crippen LogP contribution in [0, 0.1) is 0 Å². The zero-order valence-corrected chi connectivity index (χ0v) is 16.2. The summed E-state index contributed by atoms with van der Waals surface area (Å²) < 4.78 is 1.54. The van der Waals surface area contributed by atoms with Crippen molar-refractivity contribution in [2.24, 2.45) is 0 Å². The van der Waals surface area contributed by atoms with Gasteiger partial charge >= 0.3 is 0 Å². The Morgan fingerprint density at radius 2 is 1.86 bits per heavy atom. The third-order valence-electron chi connectivity index (χ3n) is 4.20. The van der Waals surface area contributed by atoms with Gasteiger partial charge in [0.05, 0.1) is 17.4 Å². The molecule has 0 fully saturated rings. The van der Waals surface area contributed by atoms with Gasteiger partial charge in [0.1, 0.15) is 11.5 Å². The number of rotatable bonds is 5. The smallest absolute Gasteiger partial charge is 0.289 e. The van der Waals surface area contributed by atoms with E-state index in [-0.39, 0.29) is 41.0 Å². The molecule has 1 amide bonds. The van der Waals surface area contributed by atoms with E-state index in [4.69, 9.17) is 0 Å². The van der Waals surface area contributed by atoms with Crippen molar-refractivity contribution in [2.75, 3.05) is 0 Å². The number of phenolic OH excluding ortho intramolecular Hbond substituents is 2. The molecular formula is C20H23N5O3. The molecule has 3 rings (SSSR count). The van der Waals surface area contributed by atoms with Crippen LogP contribution in [0.3, 0.4) is 0 Å². The molecule has 1 aromatic carbocycles. The van der Waals surface area contributed by atoms with Crippen LogP contribution in [0.5, 0.6) is 11.5 Å². The number of hydrogen-bond acceptors (Lipinski definition) is 6. The predicted molar refractivity (Wildman–Crippen MR) is 105 cm³/mol. The molecule has 0 saturated heterocycles. The largest absolute Gasteiger partial charge is 0.508 e. The third kappa shape index (κ3) is 3.66. The summed E-state index contributed by atoms with van der Waals surface area (Å²) >= 11 is 0. The van der Waals surface area contributed by atoms with E-state index in [1.165, 1.54) is 6.07 Å². The number of nitrogens with zero attached hydrogens (tertiary/aromatic N) is 4. The van der Waals surface area contributed by atoms with Crippen molar-refractivity contribution in [3.8, 4) is 28.6 Å². The van der Waals surface area contributed by atoms with Crippen LogP contribution in [0.2, 0.25) is 0 Å². The van der Waals surface area contributed by atoms with Crippen LogP contribution in [-0.2, 0) is 0 Å². The van der Waals surface area contributed by atoms with Gasteiger partial charge in [-0.25, -0.2) is 0 Å². The molecule has 146 valence electrons. The number of hydrogen-bond donors (Lipinski definition) is 3. The summed E-state index contributed by atoms with van der Waals surface area (Å²) in [5.41, 5.74) is 1.60.